The lowest BCUT2D eigenvalue weighted by atomic mass is 9.68. The van der Waals surface area contributed by atoms with Gasteiger partial charge in [0.15, 0.2) is 5.78 Å². The molecule has 1 aliphatic carbocycles. The molecule has 2 heterocycles. The van der Waals surface area contributed by atoms with Crippen LogP contribution in [0.5, 0.6) is 0 Å². The van der Waals surface area contributed by atoms with E-state index < -0.39 is 5.92 Å². The highest BCUT2D eigenvalue weighted by molar-refractivity contribution is 6.09. The van der Waals surface area contributed by atoms with Crippen LogP contribution >= 0.6 is 0 Å². The molecule has 166 valence electrons. The van der Waals surface area contributed by atoms with Crippen molar-refractivity contribution >= 4 is 17.5 Å². The summed E-state index contributed by atoms with van der Waals surface area (Å²) in [6.45, 7) is 12.3. The Morgan fingerprint density at radius 3 is 2.59 bits per heavy atom. The van der Waals surface area contributed by atoms with Gasteiger partial charge >= 0.3 is 0 Å². The maximum atomic E-state index is 13.6. The second-order valence-electron chi connectivity index (χ2n) is 9.89. The van der Waals surface area contributed by atoms with Gasteiger partial charge in [-0.3, -0.25) is 9.59 Å². The number of aryl methyl sites for hydroxylation is 2. The maximum Gasteiger partial charge on any atom is 0.255 e. The van der Waals surface area contributed by atoms with Gasteiger partial charge in [-0.1, -0.05) is 32.0 Å². The zero-order valence-electron chi connectivity index (χ0n) is 19.7. The van der Waals surface area contributed by atoms with Crippen LogP contribution in [0.25, 0.3) is 0 Å². The largest absolute Gasteiger partial charge is 0.362 e. The summed E-state index contributed by atoms with van der Waals surface area (Å²) in [5.41, 5.74) is 7.20. The van der Waals surface area contributed by atoms with Crippen LogP contribution in [0.3, 0.4) is 0 Å². The molecule has 1 aliphatic heterocycles. The first-order chi connectivity index (χ1) is 15.1. The average Bonchev–Trinajstić information content (AvgIpc) is 2.68. The monoisotopic (exact) mass is 429 g/mol. The summed E-state index contributed by atoms with van der Waals surface area (Å²) in [4.78, 5) is 31.3. The van der Waals surface area contributed by atoms with Gasteiger partial charge in [0.2, 0.25) is 0 Å². The third-order valence-electron chi connectivity index (χ3n) is 6.60. The van der Waals surface area contributed by atoms with Crippen LogP contribution in [-0.2, 0) is 9.59 Å². The molecule has 1 atom stereocenters. The van der Waals surface area contributed by atoms with E-state index in [1.807, 2.05) is 38.1 Å². The number of carbonyl (C=O) groups is 2. The number of anilines is 1. The number of dihydropyridines is 1. The summed E-state index contributed by atoms with van der Waals surface area (Å²) in [6, 6.07) is 9.84. The van der Waals surface area contributed by atoms with Crippen LogP contribution < -0.4 is 10.6 Å². The first-order valence-corrected chi connectivity index (χ1v) is 11.1. The van der Waals surface area contributed by atoms with Crippen LogP contribution in [0.4, 0.5) is 5.82 Å². The number of Topliss-reactive ketones (excluding diaryl/α,β-unsaturated/α-hetero) is 1. The van der Waals surface area contributed by atoms with Crippen molar-refractivity contribution in [2.45, 2.75) is 60.3 Å². The predicted molar refractivity (Wildman–Crippen MR) is 127 cm³/mol. The summed E-state index contributed by atoms with van der Waals surface area (Å²) in [6.07, 6.45) is 2.93. The fourth-order valence-corrected chi connectivity index (χ4v) is 4.92. The zero-order chi connectivity index (χ0) is 23.2. The number of nitrogens with one attached hydrogen (secondary N) is 2. The first kappa shape index (κ1) is 22.0. The van der Waals surface area contributed by atoms with Crippen LogP contribution in [0.15, 0.2) is 59.1 Å². The van der Waals surface area contributed by atoms with Crippen LogP contribution in [0, 0.1) is 26.2 Å². The molecule has 0 fully saturated rings. The highest BCUT2D eigenvalue weighted by Crippen LogP contribution is 2.47. The Balaban J connectivity index is 1.85. The second kappa shape index (κ2) is 8.05. The Kier molecular flexibility index (Phi) is 5.53. The molecule has 0 saturated heterocycles. The Morgan fingerprint density at radius 2 is 1.88 bits per heavy atom. The van der Waals surface area contributed by atoms with E-state index >= 15 is 0 Å². The molecule has 5 heteroatoms. The maximum absolute atomic E-state index is 13.6. The molecular weight excluding hydrogens is 398 g/mol. The van der Waals surface area contributed by atoms with E-state index in [9.17, 15) is 9.59 Å². The van der Waals surface area contributed by atoms with Crippen molar-refractivity contribution in [3.05, 3.63) is 81.3 Å². The Morgan fingerprint density at radius 1 is 1.12 bits per heavy atom. The molecule has 1 aromatic heterocycles. The second-order valence-corrected chi connectivity index (χ2v) is 9.89. The van der Waals surface area contributed by atoms with Crippen molar-refractivity contribution in [1.82, 2.24) is 10.3 Å². The molecule has 0 bridgehead atoms. The normalized spacial score (nSPS) is 20.1. The van der Waals surface area contributed by atoms with Gasteiger partial charge in [0.05, 0.1) is 0 Å². The zero-order valence-corrected chi connectivity index (χ0v) is 19.7. The minimum atomic E-state index is -0.403. The van der Waals surface area contributed by atoms with Gasteiger partial charge in [-0.05, 0) is 73.9 Å². The third-order valence-corrected chi connectivity index (χ3v) is 6.60. The molecule has 4 rings (SSSR count). The molecule has 2 N–H and O–H groups in total. The standard InChI is InChI=1S/C27H31N3O2/c1-15-10-11-28-22(12-15)30-26(32)23-18(4)29-20-13-27(5,6)14-21(31)25(20)24(23)19-9-7-8-16(2)17(19)3/h7-12,24,29H,13-14H2,1-6H3,(H,28,30,32). The number of rotatable bonds is 3. The van der Waals surface area contributed by atoms with E-state index in [1.54, 1.807) is 6.20 Å². The average molecular weight is 430 g/mol. The lowest BCUT2D eigenvalue weighted by molar-refractivity contribution is -0.118. The number of amides is 1. The van der Waals surface area contributed by atoms with Crippen molar-refractivity contribution < 1.29 is 9.59 Å². The molecule has 1 aromatic carbocycles. The summed E-state index contributed by atoms with van der Waals surface area (Å²) in [5, 5.41) is 6.38. The molecule has 0 spiro atoms. The molecular formula is C27H31N3O2. The fourth-order valence-electron chi connectivity index (χ4n) is 4.92. The van der Waals surface area contributed by atoms with E-state index in [4.69, 9.17) is 0 Å². The smallest absolute Gasteiger partial charge is 0.255 e. The minimum absolute atomic E-state index is 0.110. The van der Waals surface area contributed by atoms with Crippen molar-refractivity contribution in [2.24, 2.45) is 5.41 Å². The molecule has 1 unspecified atom stereocenters. The summed E-state index contributed by atoms with van der Waals surface area (Å²) in [7, 11) is 0. The summed E-state index contributed by atoms with van der Waals surface area (Å²) >= 11 is 0. The van der Waals surface area contributed by atoms with Gasteiger partial charge in [-0.25, -0.2) is 4.98 Å². The van der Waals surface area contributed by atoms with Crippen molar-refractivity contribution in [1.29, 1.82) is 0 Å². The highest BCUT2D eigenvalue weighted by Gasteiger charge is 2.43. The molecule has 5 nitrogen and oxygen atoms in total. The number of aromatic nitrogens is 1. The van der Waals surface area contributed by atoms with Crippen molar-refractivity contribution in [3.63, 3.8) is 0 Å². The molecule has 32 heavy (non-hydrogen) atoms. The number of benzene rings is 1. The van der Waals surface area contributed by atoms with Crippen LogP contribution in [0.2, 0.25) is 0 Å². The number of hydrogen-bond acceptors (Lipinski definition) is 4. The van der Waals surface area contributed by atoms with E-state index in [0.29, 0.717) is 17.8 Å². The van der Waals surface area contributed by atoms with Crippen molar-refractivity contribution in [3.8, 4) is 0 Å². The van der Waals surface area contributed by atoms with Gasteiger partial charge in [-0.15, -0.1) is 0 Å². The van der Waals surface area contributed by atoms with Crippen LogP contribution in [-0.4, -0.2) is 16.7 Å². The molecule has 2 aliphatic rings. The number of carbonyl (C=O) groups excluding carboxylic acids is 2. The molecule has 0 radical (unpaired) electrons. The number of allylic oxidation sites excluding steroid dienone is 3. The SMILES string of the molecule is CC1=C(C(=O)Nc2cc(C)ccn2)C(c2cccc(C)c2C)C2=C(CC(C)(C)CC2=O)N1. The Bertz CT molecular complexity index is 1190. The van der Waals surface area contributed by atoms with Gasteiger partial charge in [0.25, 0.3) is 5.91 Å². The number of nitrogens with zero attached hydrogens (tertiary/aromatic N) is 1. The van der Waals surface area contributed by atoms with Gasteiger partial charge < -0.3 is 10.6 Å². The number of ketones is 1. The molecule has 2 aromatic rings. The Hall–Kier alpha value is -3.21. The Labute approximate surface area is 190 Å². The predicted octanol–water partition coefficient (Wildman–Crippen LogP) is 5.25. The summed E-state index contributed by atoms with van der Waals surface area (Å²) in [5.74, 6) is -0.0187. The van der Waals surface area contributed by atoms with E-state index in [1.165, 1.54) is 0 Å². The molecule has 1 amide bonds. The minimum Gasteiger partial charge on any atom is -0.362 e. The van der Waals surface area contributed by atoms with E-state index in [2.05, 4.69) is 49.4 Å². The topological polar surface area (TPSA) is 71.1 Å². The van der Waals surface area contributed by atoms with Gasteiger partial charge in [-0.2, -0.15) is 0 Å². The van der Waals surface area contributed by atoms with Gasteiger partial charge in [0.1, 0.15) is 5.82 Å². The van der Waals surface area contributed by atoms with E-state index in [-0.39, 0.29) is 17.1 Å². The van der Waals surface area contributed by atoms with Gasteiger partial charge in [0, 0.05) is 41.1 Å². The lowest BCUT2D eigenvalue weighted by Gasteiger charge is -2.40. The molecule has 0 saturated carbocycles. The third kappa shape index (κ3) is 3.99. The number of pyridine rings is 1. The summed E-state index contributed by atoms with van der Waals surface area (Å²) < 4.78 is 0. The highest BCUT2D eigenvalue weighted by atomic mass is 16.2. The number of hydrogen-bond donors (Lipinski definition) is 2. The van der Waals surface area contributed by atoms with E-state index in [0.717, 1.165) is 45.6 Å². The van der Waals surface area contributed by atoms with Crippen molar-refractivity contribution in [2.75, 3.05) is 5.32 Å². The first-order valence-electron chi connectivity index (χ1n) is 11.1. The quantitative estimate of drug-likeness (QED) is 0.699. The lowest BCUT2D eigenvalue weighted by Crippen LogP contribution is -2.39. The van der Waals surface area contributed by atoms with Crippen LogP contribution in [0.1, 0.15) is 61.8 Å². The fraction of sp³-hybridized carbons (Fsp3) is 0.370.